The lowest BCUT2D eigenvalue weighted by Crippen LogP contribution is -2.37. The van der Waals surface area contributed by atoms with Crippen LogP contribution in [0.2, 0.25) is 0 Å². The Balaban J connectivity index is 2.56. The van der Waals surface area contributed by atoms with Gasteiger partial charge in [0.2, 0.25) is 0 Å². The van der Waals surface area contributed by atoms with Gasteiger partial charge in [-0.15, -0.1) is 0 Å². The van der Waals surface area contributed by atoms with Crippen LogP contribution in [0.3, 0.4) is 0 Å². The van der Waals surface area contributed by atoms with Crippen LogP contribution in [-0.4, -0.2) is 40.9 Å². The second kappa shape index (κ2) is 6.41. The van der Waals surface area contributed by atoms with Crippen molar-refractivity contribution in [1.82, 2.24) is 4.90 Å². The van der Waals surface area contributed by atoms with Crippen molar-refractivity contribution in [3.63, 3.8) is 0 Å². The van der Waals surface area contributed by atoms with Crippen molar-refractivity contribution in [2.45, 2.75) is 32.0 Å². The SMILES string of the molecule is CN(CCC(O)c1cccc(F)c1F)CC(C)(C)O. The van der Waals surface area contributed by atoms with Gasteiger partial charge in [-0.25, -0.2) is 8.78 Å². The average molecular weight is 273 g/mol. The molecule has 0 aromatic heterocycles. The van der Waals surface area contributed by atoms with Gasteiger partial charge < -0.3 is 15.1 Å². The molecule has 0 fully saturated rings. The van der Waals surface area contributed by atoms with Gasteiger partial charge in [0.1, 0.15) is 0 Å². The van der Waals surface area contributed by atoms with E-state index in [0.29, 0.717) is 13.1 Å². The summed E-state index contributed by atoms with van der Waals surface area (Å²) in [6.45, 7) is 4.28. The van der Waals surface area contributed by atoms with Crippen LogP contribution in [0.5, 0.6) is 0 Å². The monoisotopic (exact) mass is 273 g/mol. The fraction of sp³-hybridized carbons (Fsp3) is 0.571. The highest BCUT2D eigenvalue weighted by Crippen LogP contribution is 2.22. The van der Waals surface area contributed by atoms with Gasteiger partial charge in [-0.05, 0) is 33.4 Å². The maximum atomic E-state index is 13.5. The molecule has 1 aromatic rings. The Hall–Kier alpha value is -1.04. The number of likely N-dealkylation sites (N-methyl/N-ethyl adjacent to an activating group) is 1. The van der Waals surface area contributed by atoms with Crippen molar-refractivity contribution in [3.05, 3.63) is 35.4 Å². The molecule has 1 unspecified atom stereocenters. The Labute approximate surface area is 112 Å². The molecule has 0 saturated heterocycles. The minimum atomic E-state index is -1.06. The first-order chi connectivity index (χ1) is 8.70. The summed E-state index contributed by atoms with van der Waals surface area (Å²) >= 11 is 0. The highest BCUT2D eigenvalue weighted by atomic mass is 19.2. The highest BCUT2D eigenvalue weighted by Gasteiger charge is 2.19. The second-order valence-electron chi connectivity index (χ2n) is 5.50. The van der Waals surface area contributed by atoms with Crippen LogP contribution >= 0.6 is 0 Å². The maximum absolute atomic E-state index is 13.5. The lowest BCUT2D eigenvalue weighted by molar-refractivity contribution is 0.0391. The third-order valence-electron chi connectivity index (χ3n) is 2.78. The lowest BCUT2D eigenvalue weighted by Gasteiger charge is -2.26. The zero-order valence-corrected chi connectivity index (χ0v) is 11.5. The molecule has 3 nitrogen and oxygen atoms in total. The molecule has 2 N–H and O–H groups in total. The predicted octanol–water partition coefficient (Wildman–Crippen LogP) is 2.09. The third-order valence-corrected chi connectivity index (χ3v) is 2.78. The quantitative estimate of drug-likeness (QED) is 0.834. The minimum absolute atomic E-state index is 0.0309. The van der Waals surface area contributed by atoms with Crippen LogP contribution in [0.25, 0.3) is 0 Å². The molecule has 0 spiro atoms. The van der Waals surface area contributed by atoms with Crippen LogP contribution in [0.1, 0.15) is 31.9 Å². The zero-order chi connectivity index (χ0) is 14.6. The number of hydrogen-bond donors (Lipinski definition) is 2. The summed E-state index contributed by atoms with van der Waals surface area (Å²) < 4.78 is 26.5. The number of rotatable bonds is 6. The van der Waals surface area contributed by atoms with Gasteiger partial charge in [0, 0.05) is 18.7 Å². The van der Waals surface area contributed by atoms with Gasteiger partial charge in [-0.1, -0.05) is 12.1 Å². The molecule has 0 saturated carbocycles. The molecule has 1 atom stereocenters. The van der Waals surface area contributed by atoms with E-state index in [1.165, 1.54) is 12.1 Å². The van der Waals surface area contributed by atoms with E-state index in [9.17, 15) is 19.0 Å². The Kier molecular flexibility index (Phi) is 5.40. The Morgan fingerprint density at radius 3 is 2.53 bits per heavy atom. The molecule has 0 radical (unpaired) electrons. The molecule has 5 heteroatoms. The van der Waals surface area contributed by atoms with Gasteiger partial charge in [0.15, 0.2) is 11.6 Å². The third kappa shape index (κ3) is 5.22. The number of aliphatic hydroxyl groups excluding tert-OH is 1. The Morgan fingerprint density at radius 1 is 1.32 bits per heavy atom. The van der Waals surface area contributed by atoms with E-state index >= 15 is 0 Å². The molecule has 1 rings (SSSR count). The molecular formula is C14H21F2NO2. The van der Waals surface area contributed by atoms with Crippen LogP contribution in [0, 0.1) is 11.6 Å². The molecule has 0 aliphatic rings. The zero-order valence-electron chi connectivity index (χ0n) is 11.5. The maximum Gasteiger partial charge on any atom is 0.164 e. The van der Waals surface area contributed by atoms with E-state index in [-0.39, 0.29) is 12.0 Å². The summed E-state index contributed by atoms with van der Waals surface area (Å²) in [4.78, 5) is 1.83. The Morgan fingerprint density at radius 2 is 1.95 bits per heavy atom. The largest absolute Gasteiger partial charge is 0.389 e. The van der Waals surface area contributed by atoms with Crippen molar-refractivity contribution in [2.24, 2.45) is 0 Å². The standard InChI is InChI=1S/C14H21F2NO2/c1-14(2,19)9-17(3)8-7-12(18)10-5-4-6-11(15)13(10)16/h4-6,12,18-19H,7-9H2,1-3H3. The fourth-order valence-electron chi connectivity index (χ4n) is 2.02. The van der Waals surface area contributed by atoms with Crippen molar-refractivity contribution < 1.29 is 19.0 Å². The number of aliphatic hydroxyl groups is 2. The molecular weight excluding hydrogens is 252 g/mol. The summed E-state index contributed by atoms with van der Waals surface area (Å²) in [6, 6.07) is 3.77. The van der Waals surface area contributed by atoms with Crippen LogP contribution in [-0.2, 0) is 0 Å². The number of halogens is 2. The summed E-state index contributed by atoms with van der Waals surface area (Å²) in [6.07, 6.45) is -0.785. The second-order valence-corrected chi connectivity index (χ2v) is 5.50. The predicted molar refractivity (Wildman–Crippen MR) is 69.7 cm³/mol. The first kappa shape index (κ1) is 16.0. The molecule has 0 aliphatic carbocycles. The summed E-state index contributed by atoms with van der Waals surface area (Å²) in [5, 5.41) is 19.5. The summed E-state index contributed by atoms with van der Waals surface area (Å²) in [7, 11) is 1.80. The van der Waals surface area contributed by atoms with E-state index in [2.05, 4.69) is 0 Å². The van der Waals surface area contributed by atoms with Gasteiger partial charge >= 0.3 is 0 Å². The van der Waals surface area contributed by atoms with Gasteiger partial charge in [-0.3, -0.25) is 0 Å². The molecule has 19 heavy (non-hydrogen) atoms. The molecule has 0 bridgehead atoms. The number of nitrogens with zero attached hydrogens (tertiary/aromatic N) is 1. The van der Waals surface area contributed by atoms with E-state index in [0.717, 1.165) is 6.07 Å². The van der Waals surface area contributed by atoms with E-state index in [1.807, 2.05) is 4.90 Å². The molecule has 0 heterocycles. The molecule has 1 aromatic carbocycles. The van der Waals surface area contributed by atoms with Gasteiger partial charge in [0.05, 0.1) is 11.7 Å². The summed E-state index contributed by atoms with van der Waals surface area (Å²) in [5.74, 6) is -1.96. The smallest absolute Gasteiger partial charge is 0.164 e. The molecule has 0 aliphatic heterocycles. The van der Waals surface area contributed by atoms with Gasteiger partial charge in [-0.2, -0.15) is 0 Å². The summed E-state index contributed by atoms with van der Waals surface area (Å²) in [5.41, 5.74) is -0.860. The van der Waals surface area contributed by atoms with Crippen LogP contribution in [0.4, 0.5) is 8.78 Å². The van der Waals surface area contributed by atoms with Crippen molar-refractivity contribution >= 4 is 0 Å². The minimum Gasteiger partial charge on any atom is -0.389 e. The lowest BCUT2D eigenvalue weighted by atomic mass is 10.0. The van der Waals surface area contributed by atoms with E-state index < -0.39 is 23.3 Å². The van der Waals surface area contributed by atoms with Crippen molar-refractivity contribution in [2.75, 3.05) is 20.1 Å². The average Bonchev–Trinajstić information content (AvgIpc) is 2.27. The number of benzene rings is 1. The molecule has 0 amide bonds. The fourth-order valence-corrected chi connectivity index (χ4v) is 2.02. The van der Waals surface area contributed by atoms with E-state index in [4.69, 9.17) is 0 Å². The Bertz CT molecular complexity index is 418. The molecule has 108 valence electrons. The van der Waals surface area contributed by atoms with Crippen LogP contribution < -0.4 is 0 Å². The van der Waals surface area contributed by atoms with Crippen LogP contribution in [0.15, 0.2) is 18.2 Å². The topological polar surface area (TPSA) is 43.7 Å². The van der Waals surface area contributed by atoms with Gasteiger partial charge in [0.25, 0.3) is 0 Å². The first-order valence-electron chi connectivity index (χ1n) is 6.23. The highest BCUT2D eigenvalue weighted by molar-refractivity contribution is 5.21. The normalized spacial score (nSPS) is 13.9. The first-order valence-corrected chi connectivity index (χ1v) is 6.23. The van der Waals surface area contributed by atoms with E-state index in [1.54, 1.807) is 20.9 Å². The van der Waals surface area contributed by atoms with Crippen molar-refractivity contribution in [1.29, 1.82) is 0 Å². The number of hydrogen-bond acceptors (Lipinski definition) is 3. The van der Waals surface area contributed by atoms with Crippen molar-refractivity contribution in [3.8, 4) is 0 Å².